The molecule has 5 rings (SSSR count). The number of hydrogen-bond donors (Lipinski definition) is 1. The van der Waals surface area contributed by atoms with Crippen molar-refractivity contribution < 1.29 is 9.59 Å². The van der Waals surface area contributed by atoms with E-state index in [1.165, 1.54) is 6.42 Å². The summed E-state index contributed by atoms with van der Waals surface area (Å²) in [6.45, 7) is 5.84. The highest BCUT2D eigenvalue weighted by Crippen LogP contribution is 2.55. The molecule has 1 saturated heterocycles. The largest absolute Gasteiger partial charge is 0.353 e. The first-order chi connectivity index (χ1) is 13.0. The van der Waals surface area contributed by atoms with Gasteiger partial charge >= 0.3 is 0 Å². The van der Waals surface area contributed by atoms with Gasteiger partial charge in [0, 0.05) is 68.2 Å². The second-order valence-electron chi connectivity index (χ2n) is 9.25. The van der Waals surface area contributed by atoms with Crippen LogP contribution in [0.2, 0.25) is 0 Å². The van der Waals surface area contributed by atoms with Gasteiger partial charge in [0.1, 0.15) is 5.82 Å². The van der Waals surface area contributed by atoms with E-state index in [4.69, 9.17) is 0 Å². The molecule has 6 nitrogen and oxygen atoms in total. The van der Waals surface area contributed by atoms with Gasteiger partial charge in [0.15, 0.2) is 0 Å². The molecule has 0 spiro atoms. The van der Waals surface area contributed by atoms with Crippen LogP contribution in [0.25, 0.3) is 0 Å². The minimum atomic E-state index is 0.117. The summed E-state index contributed by atoms with van der Waals surface area (Å²) in [5.74, 6) is 4.49. The van der Waals surface area contributed by atoms with Gasteiger partial charge in [0.05, 0.1) is 0 Å². The average molecular weight is 370 g/mol. The predicted octanol–water partition coefficient (Wildman–Crippen LogP) is 2.02. The number of carbonyl (C=O) groups is 2. The third-order valence-corrected chi connectivity index (χ3v) is 7.45. The molecular weight excluding hydrogens is 340 g/mol. The zero-order chi connectivity index (χ0) is 18.7. The van der Waals surface area contributed by atoms with Crippen molar-refractivity contribution in [2.45, 2.75) is 58.0 Å². The number of aryl methyl sites for hydroxylation is 1. The number of likely N-dealkylation sites (tertiary alicyclic amines) is 1. The maximum Gasteiger partial charge on any atom is 0.225 e. The minimum Gasteiger partial charge on any atom is -0.353 e. The normalized spacial score (nSPS) is 36.9. The molecule has 1 N–H and O–H groups in total. The Hall–Kier alpha value is -1.85. The summed E-state index contributed by atoms with van der Waals surface area (Å²) in [5.41, 5.74) is 0. The first kappa shape index (κ1) is 17.3. The van der Waals surface area contributed by atoms with Gasteiger partial charge in [-0.3, -0.25) is 9.59 Å². The summed E-state index contributed by atoms with van der Waals surface area (Å²) in [7, 11) is 0. The number of piperidine rings is 1. The standard InChI is InChI=1S/C21H30N4O2/c1-3-18-22-4-5-25(18)12(2)6-19(26)23-20-16-10-24(11-17(16)20)21(27)15-8-13-7-14(13)9-15/h4-5,12-17,20H,3,6-11H2,1-2H3,(H,23,26)/t12?,13-,14+,15?,16-,17+,20?. The number of carbonyl (C=O) groups excluding carboxylic acids is 2. The van der Waals surface area contributed by atoms with Crippen molar-refractivity contribution >= 4 is 11.8 Å². The van der Waals surface area contributed by atoms with Crippen LogP contribution in [0.1, 0.15) is 51.4 Å². The lowest BCUT2D eigenvalue weighted by Crippen LogP contribution is -2.40. The van der Waals surface area contributed by atoms with E-state index in [1.807, 2.05) is 6.20 Å². The maximum atomic E-state index is 12.7. The van der Waals surface area contributed by atoms with E-state index in [1.54, 1.807) is 6.20 Å². The van der Waals surface area contributed by atoms with Crippen LogP contribution in [0.15, 0.2) is 12.4 Å². The number of hydrogen-bond acceptors (Lipinski definition) is 3. The number of nitrogens with one attached hydrogen (secondary N) is 1. The zero-order valence-electron chi connectivity index (χ0n) is 16.3. The van der Waals surface area contributed by atoms with Crippen LogP contribution in [0.5, 0.6) is 0 Å². The minimum absolute atomic E-state index is 0.117. The third kappa shape index (κ3) is 3.07. The summed E-state index contributed by atoms with van der Waals surface area (Å²) < 4.78 is 2.10. The van der Waals surface area contributed by atoms with Crippen molar-refractivity contribution in [3.8, 4) is 0 Å². The Morgan fingerprint density at radius 2 is 1.93 bits per heavy atom. The fraction of sp³-hybridized carbons (Fsp3) is 0.762. The van der Waals surface area contributed by atoms with Crippen molar-refractivity contribution in [3.63, 3.8) is 0 Å². The van der Waals surface area contributed by atoms with Crippen molar-refractivity contribution in [1.29, 1.82) is 0 Å². The van der Waals surface area contributed by atoms with Gasteiger partial charge in [-0.25, -0.2) is 4.98 Å². The van der Waals surface area contributed by atoms with E-state index in [0.717, 1.165) is 50.0 Å². The lowest BCUT2D eigenvalue weighted by atomic mass is 10.0. The van der Waals surface area contributed by atoms with Gasteiger partial charge in [-0.1, -0.05) is 6.92 Å². The van der Waals surface area contributed by atoms with Crippen LogP contribution < -0.4 is 5.32 Å². The average Bonchev–Trinajstić information content (AvgIpc) is 3.27. The molecule has 0 radical (unpaired) electrons. The molecule has 4 fully saturated rings. The smallest absolute Gasteiger partial charge is 0.225 e. The molecule has 1 aromatic rings. The van der Waals surface area contributed by atoms with E-state index >= 15 is 0 Å². The summed E-state index contributed by atoms with van der Waals surface area (Å²) in [6, 6.07) is 0.395. The first-order valence-corrected chi connectivity index (χ1v) is 10.6. The van der Waals surface area contributed by atoms with Crippen molar-refractivity contribution in [1.82, 2.24) is 19.8 Å². The van der Waals surface area contributed by atoms with Crippen LogP contribution in [-0.4, -0.2) is 45.4 Å². The number of amides is 2. The molecule has 0 aromatic carbocycles. The predicted molar refractivity (Wildman–Crippen MR) is 101 cm³/mol. The zero-order valence-corrected chi connectivity index (χ0v) is 16.3. The Kier molecular flexibility index (Phi) is 4.06. The Morgan fingerprint density at radius 3 is 2.59 bits per heavy atom. The quantitative estimate of drug-likeness (QED) is 0.833. The van der Waals surface area contributed by atoms with E-state index in [0.29, 0.717) is 30.1 Å². The second-order valence-corrected chi connectivity index (χ2v) is 9.25. The molecule has 27 heavy (non-hydrogen) atoms. The van der Waals surface area contributed by atoms with E-state index < -0.39 is 0 Å². The summed E-state index contributed by atoms with van der Waals surface area (Å²) in [6.07, 6.45) is 8.73. The van der Waals surface area contributed by atoms with E-state index in [-0.39, 0.29) is 18.0 Å². The van der Waals surface area contributed by atoms with Gasteiger partial charge in [0.25, 0.3) is 0 Å². The Morgan fingerprint density at radius 1 is 1.22 bits per heavy atom. The summed E-state index contributed by atoms with van der Waals surface area (Å²) in [5, 5.41) is 3.22. The van der Waals surface area contributed by atoms with E-state index in [2.05, 4.69) is 33.6 Å². The summed E-state index contributed by atoms with van der Waals surface area (Å²) in [4.78, 5) is 31.6. The SMILES string of the molecule is CCc1nccn1C(C)CC(=O)NC1[C@H]2CN(C(=O)C3C[C@@H]4C[C@@H]4C3)C[C@@H]12. The highest BCUT2D eigenvalue weighted by molar-refractivity contribution is 5.80. The van der Waals surface area contributed by atoms with E-state index in [9.17, 15) is 9.59 Å². The fourth-order valence-electron chi connectivity index (χ4n) is 5.73. The van der Waals surface area contributed by atoms with Crippen LogP contribution in [-0.2, 0) is 16.0 Å². The molecule has 3 unspecified atom stereocenters. The molecule has 3 saturated carbocycles. The second kappa shape index (κ2) is 6.35. The Bertz CT molecular complexity index is 737. The van der Waals surface area contributed by atoms with Crippen molar-refractivity contribution in [2.75, 3.05) is 13.1 Å². The maximum absolute atomic E-state index is 12.7. The van der Waals surface area contributed by atoms with Crippen LogP contribution in [0, 0.1) is 29.6 Å². The molecule has 1 aliphatic heterocycles. The highest BCUT2D eigenvalue weighted by atomic mass is 16.2. The summed E-state index contributed by atoms with van der Waals surface area (Å²) >= 11 is 0. The fourth-order valence-corrected chi connectivity index (χ4v) is 5.73. The third-order valence-electron chi connectivity index (χ3n) is 7.45. The molecule has 2 amide bonds. The lowest BCUT2D eigenvalue weighted by Gasteiger charge is -2.24. The van der Waals surface area contributed by atoms with Crippen molar-refractivity contribution in [2.24, 2.45) is 29.6 Å². The van der Waals surface area contributed by atoms with Gasteiger partial charge in [0.2, 0.25) is 11.8 Å². The highest BCUT2D eigenvalue weighted by Gasteiger charge is 2.58. The molecule has 2 heterocycles. The number of imidazole rings is 1. The lowest BCUT2D eigenvalue weighted by molar-refractivity contribution is -0.135. The molecular formula is C21H30N4O2. The topological polar surface area (TPSA) is 67.2 Å². The van der Waals surface area contributed by atoms with Crippen molar-refractivity contribution in [3.05, 3.63) is 18.2 Å². The molecule has 7 atom stereocenters. The van der Waals surface area contributed by atoms with Crippen LogP contribution >= 0.6 is 0 Å². The van der Waals surface area contributed by atoms with Gasteiger partial charge < -0.3 is 14.8 Å². The number of nitrogens with zero attached hydrogens (tertiary/aromatic N) is 3. The first-order valence-electron chi connectivity index (χ1n) is 10.6. The Balaban J connectivity index is 1.08. The van der Waals surface area contributed by atoms with Crippen LogP contribution in [0.3, 0.4) is 0 Å². The molecule has 146 valence electrons. The molecule has 6 heteroatoms. The van der Waals surface area contributed by atoms with Gasteiger partial charge in [-0.15, -0.1) is 0 Å². The van der Waals surface area contributed by atoms with Gasteiger partial charge in [-0.05, 0) is 38.0 Å². The molecule has 3 aliphatic carbocycles. The molecule has 4 aliphatic rings. The van der Waals surface area contributed by atoms with Crippen LogP contribution in [0.4, 0.5) is 0 Å². The monoisotopic (exact) mass is 370 g/mol. The van der Waals surface area contributed by atoms with Gasteiger partial charge in [-0.2, -0.15) is 0 Å². The molecule has 1 aromatic heterocycles. The number of aromatic nitrogens is 2. The number of fused-ring (bicyclic) bond motifs is 2. The Labute approximate surface area is 160 Å². The number of rotatable bonds is 6. The molecule has 0 bridgehead atoms.